The molecule has 0 aliphatic carbocycles. The van der Waals surface area contributed by atoms with Crippen LogP contribution in [0.15, 0.2) is 29.7 Å². The molecule has 112 valence electrons. The Morgan fingerprint density at radius 3 is 2.95 bits per heavy atom. The molecule has 0 spiro atoms. The van der Waals surface area contributed by atoms with Gasteiger partial charge in [-0.2, -0.15) is 0 Å². The first kappa shape index (κ1) is 15.5. The van der Waals surface area contributed by atoms with Crippen molar-refractivity contribution in [3.8, 4) is 5.75 Å². The third-order valence-corrected chi connectivity index (χ3v) is 3.92. The molecule has 1 heterocycles. The number of aromatic nitrogens is 3. The molecule has 0 aliphatic rings. The number of carbonyl (C=O) groups is 1. The van der Waals surface area contributed by atoms with E-state index in [0.29, 0.717) is 21.6 Å². The second kappa shape index (κ2) is 6.68. The highest BCUT2D eigenvalue weighted by atomic mass is 35.5. The lowest BCUT2D eigenvalue weighted by molar-refractivity contribution is -0.115. The Balaban J connectivity index is 2.07. The summed E-state index contributed by atoms with van der Waals surface area (Å²) in [5, 5.41) is 10.8. The molecule has 2 aromatic rings. The van der Waals surface area contributed by atoms with Gasteiger partial charge in [0.2, 0.25) is 11.1 Å². The van der Waals surface area contributed by atoms with Crippen LogP contribution in [0.5, 0.6) is 5.75 Å². The number of nitrogens with one attached hydrogen (secondary N) is 1. The summed E-state index contributed by atoms with van der Waals surface area (Å²) in [7, 11) is 1.52. The predicted molar refractivity (Wildman–Crippen MR) is 82.1 cm³/mol. The van der Waals surface area contributed by atoms with E-state index in [0.717, 1.165) is 0 Å². The fraction of sp³-hybridized carbons (Fsp3) is 0.250. The molecule has 21 heavy (non-hydrogen) atoms. The van der Waals surface area contributed by atoms with Gasteiger partial charge in [-0.15, -0.1) is 10.2 Å². The van der Waals surface area contributed by atoms with Crippen molar-refractivity contribution >= 4 is 35.0 Å². The molecular formula is C12H14ClN5O2S. The van der Waals surface area contributed by atoms with Gasteiger partial charge < -0.3 is 15.9 Å². The summed E-state index contributed by atoms with van der Waals surface area (Å²) in [6.07, 6.45) is 1.37. The minimum Gasteiger partial charge on any atom is -0.495 e. The average Bonchev–Trinajstić information content (AvgIpc) is 2.84. The van der Waals surface area contributed by atoms with Crippen LogP contribution < -0.4 is 15.9 Å². The Labute approximate surface area is 130 Å². The summed E-state index contributed by atoms with van der Waals surface area (Å²) in [6, 6.07) is 5.00. The number of methoxy groups -OCH3 is 1. The second-order valence-corrected chi connectivity index (χ2v) is 5.86. The maximum absolute atomic E-state index is 12.2. The fourth-order valence-corrected chi connectivity index (χ4v) is 2.46. The maximum Gasteiger partial charge on any atom is 0.237 e. The van der Waals surface area contributed by atoms with Crippen LogP contribution in [0.4, 0.5) is 5.69 Å². The lowest BCUT2D eigenvalue weighted by Crippen LogP contribution is -2.23. The molecule has 1 amide bonds. The van der Waals surface area contributed by atoms with Crippen LogP contribution >= 0.6 is 23.4 Å². The van der Waals surface area contributed by atoms with Gasteiger partial charge in [0, 0.05) is 5.02 Å². The normalized spacial score (nSPS) is 12.0. The first-order chi connectivity index (χ1) is 10.0. The van der Waals surface area contributed by atoms with Crippen molar-refractivity contribution < 1.29 is 9.53 Å². The number of amides is 1. The summed E-state index contributed by atoms with van der Waals surface area (Å²) in [4.78, 5) is 12.2. The van der Waals surface area contributed by atoms with Gasteiger partial charge >= 0.3 is 0 Å². The van der Waals surface area contributed by atoms with Crippen molar-refractivity contribution in [3.05, 3.63) is 29.5 Å². The van der Waals surface area contributed by atoms with Crippen LogP contribution in [0.3, 0.4) is 0 Å². The number of halogens is 1. The van der Waals surface area contributed by atoms with E-state index in [-0.39, 0.29) is 5.91 Å². The third kappa shape index (κ3) is 3.79. The zero-order valence-electron chi connectivity index (χ0n) is 11.4. The number of nitrogens with zero attached hydrogens (tertiary/aromatic N) is 3. The maximum atomic E-state index is 12.2. The number of thioether (sulfide) groups is 1. The second-order valence-electron chi connectivity index (χ2n) is 4.11. The summed E-state index contributed by atoms with van der Waals surface area (Å²) in [6.45, 7) is 1.74. The van der Waals surface area contributed by atoms with E-state index < -0.39 is 5.25 Å². The lowest BCUT2D eigenvalue weighted by atomic mass is 10.3. The summed E-state index contributed by atoms with van der Waals surface area (Å²) < 4.78 is 6.44. The van der Waals surface area contributed by atoms with Gasteiger partial charge in [-0.25, -0.2) is 4.68 Å². The first-order valence-corrected chi connectivity index (χ1v) is 7.23. The van der Waals surface area contributed by atoms with Crippen molar-refractivity contribution in [2.24, 2.45) is 0 Å². The number of nitrogen functional groups attached to an aromatic ring is 1. The van der Waals surface area contributed by atoms with Crippen molar-refractivity contribution in [2.75, 3.05) is 18.3 Å². The molecule has 0 saturated heterocycles. The van der Waals surface area contributed by atoms with Crippen molar-refractivity contribution in [1.29, 1.82) is 0 Å². The van der Waals surface area contributed by atoms with Gasteiger partial charge in [-0.05, 0) is 25.1 Å². The number of carbonyl (C=O) groups excluding carboxylic acids is 1. The number of rotatable bonds is 5. The quantitative estimate of drug-likeness (QED) is 0.642. The van der Waals surface area contributed by atoms with E-state index in [4.69, 9.17) is 22.2 Å². The standard InChI is InChI=1S/C12H14ClN5O2S/c1-7(21-12-17-15-6-18(12)14)11(19)16-9-5-8(13)3-4-10(9)20-2/h3-7H,14H2,1-2H3,(H,16,19)/t7-/m1/s1. The Bertz CT molecular complexity index is 648. The van der Waals surface area contributed by atoms with Gasteiger partial charge in [0.1, 0.15) is 12.1 Å². The molecule has 1 atom stereocenters. The number of ether oxygens (including phenoxy) is 1. The zero-order valence-corrected chi connectivity index (χ0v) is 13.0. The highest BCUT2D eigenvalue weighted by molar-refractivity contribution is 8.00. The smallest absolute Gasteiger partial charge is 0.237 e. The van der Waals surface area contributed by atoms with Crippen LogP contribution in [0.25, 0.3) is 0 Å². The SMILES string of the molecule is COc1ccc(Cl)cc1NC(=O)[C@@H](C)Sc1nncn1N. The first-order valence-electron chi connectivity index (χ1n) is 5.97. The number of hydrogen-bond acceptors (Lipinski definition) is 6. The summed E-state index contributed by atoms with van der Waals surface area (Å²) >= 11 is 7.12. The fourth-order valence-electron chi connectivity index (χ4n) is 1.54. The van der Waals surface area contributed by atoms with Gasteiger partial charge in [0.15, 0.2) is 0 Å². The van der Waals surface area contributed by atoms with E-state index >= 15 is 0 Å². The van der Waals surface area contributed by atoms with Gasteiger partial charge in [0.25, 0.3) is 0 Å². The zero-order chi connectivity index (χ0) is 15.4. The Hall–Kier alpha value is -1.93. The van der Waals surface area contributed by atoms with Crippen LogP contribution in [0.2, 0.25) is 5.02 Å². The third-order valence-electron chi connectivity index (χ3n) is 2.61. The average molecular weight is 328 g/mol. The van der Waals surface area contributed by atoms with Crippen LogP contribution in [0.1, 0.15) is 6.92 Å². The number of anilines is 1. The highest BCUT2D eigenvalue weighted by Crippen LogP contribution is 2.29. The molecule has 3 N–H and O–H groups in total. The molecule has 0 radical (unpaired) electrons. The van der Waals surface area contributed by atoms with Crippen LogP contribution in [-0.4, -0.2) is 33.1 Å². The van der Waals surface area contributed by atoms with E-state index in [1.807, 2.05) is 0 Å². The Morgan fingerprint density at radius 2 is 2.33 bits per heavy atom. The minimum absolute atomic E-state index is 0.219. The molecule has 2 rings (SSSR count). The Morgan fingerprint density at radius 1 is 1.57 bits per heavy atom. The number of nitrogens with two attached hydrogens (primary N) is 1. The highest BCUT2D eigenvalue weighted by Gasteiger charge is 2.19. The number of hydrogen-bond donors (Lipinski definition) is 2. The molecule has 0 fully saturated rings. The van der Waals surface area contributed by atoms with Crippen LogP contribution in [0, 0.1) is 0 Å². The molecule has 0 bridgehead atoms. The summed E-state index contributed by atoms with van der Waals surface area (Å²) in [5.74, 6) is 5.92. The van der Waals surface area contributed by atoms with Crippen molar-refractivity contribution in [3.63, 3.8) is 0 Å². The van der Waals surface area contributed by atoms with E-state index in [1.54, 1.807) is 25.1 Å². The van der Waals surface area contributed by atoms with Crippen molar-refractivity contribution in [1.82, 2.24) is 14.9 Å². The Kier molecular flexibility index (Phi) is 4.92. The topological polar surface area (TPSA) is 95.1 Å². The van der Waals surface area contributed by atoms with Crippen LogP contribution in [-0.2, 0) is 4.79 Å². The van der Waals surface area contributed by atoms with E-state index in [9.17, 15) is 4.79 Å². The molecule has 0 unspecified atom stereocenters. The molecule has 1 aromatic heterocycles. The van der Waals surface area contributed by atoms with Gasteiger partial charge in [0.05, 0.1) is 18.0 Å². The predicted octanol–water partition coefficient (Wildman–Crippen LogP) is 1.77. The van der Waals surface area contributed by atoms with E-state index in [1.165, 1.54) is 29.9 Å². The van der Waals surface area contributed by atoms with Gasteiger partial charge in [-0.1, -0.05) is 23.4 Å². The lowest BCUT2D eigenvalue weighted by Gasteiger charge is -2.13. The molecule has 7 nitrogen and oxygen atoms in total. The summed E-state index contributed by atoms with van der Waals surface area (Å²) in [5.41, 5.74) is 0.511. The molecule has 0 aliphatic heterocycles. The largest absolute Gasteiger partial charge is 0.495 e. The molecule has 0 saturated carbocycles. The molecule has 9 heteroatoms. The van der Waals surface area contributed by atoms with E-state index in [2.05, 4.69) is 15.5 Å². The van der Waals surface area contributed by atoms with Crippen molar-refractivity contribution in [2.45, 2.75) is 17.3 Å². The van der Waals surface area contributed by atoms with Gasteiger partial charge in [-0.3, -0.25) is 4.79 Å². The monoisotopic (exact) mass is 327 g/mol. The minimum atomic E-state index is -0.416. The number of benzene rings is 1. The molecule has 1 aromatic carbocycles. The molecular weight excluding hydrogens is 314 g/mol.